The normalized spacial score (nSPS) is 16.2. The number of anilines is 1. The molecule has 25 heavy (non-hydrogen) atoms. The Morgan fingerprint density at radius 1 is 1.00 bits per heavy atom. The standard InChI is InChI=1S/C18H21N3O3S/c22-18(20-17-10-3-4-11-19-17)15-8-7-9-16(14-15)25(23,24)21-12-5-1-2-6-13-21/h3-4,7-11,14H,1-2,5-6,12-13H2,(H,19,20,22). The van der Waals surface area contributed by atoms with Crippen LogP contribution in [-0.4, -0.2) is 36.7 Å². The molecule has 1 aromatic carbocycles. The van der Waals surface area contributed by atoms with Crippen molar-refractivity contribution in [3.63, 3.8) is 0 Å². The maximum atomic E-state index is 12.9. The average molecular weight is 359 g/mol. The van der Waals surface area contributed by atoms with E-state index in [1.807, 2.05) is 0 Å². The summed E-state index contributed by atoms with van der Waals surface area (Å²) in [5.74, 6) is 0.0416. The highest BCUT2D eigenvalue weighted by molar-refractivity contribution is 7.89. The van der Waals surface area contributed by atoms with Crippen LogP contribution in [0.1, 0.15) is 36.0 Å². The Kier molecular flexibility index (Phi) is 5.45. The van der Waals surface area contributed by atoms with Crippen molar-refractivity contribution in [1.29, 1.82) is 0 Å². The number of sulfonamides is 1. The number of benzene rings is 1. The van der Waals surface area contributed by atoms with Gasteiger partial charge in [0, 0.05) is 24.8 Å². The van der Waals surface area contributed by atoms with Crippen LogP contribution in [0, 0.1) is 0 Å². The highest BCUT2D eigenvalue weighted by atomic mass is 32.2. The van der Waals surface area contributed by atoms with Gasteiger partial charge in [-0.15, -0.1) is 0 Å². The third kappa shape index (κ3) is 4.24. The first-order valence-corrected chi connectivity index (χ1v) is 9.84. The molecule has 2 heterocycles. The Labute approximate surface area is 147 Å². The van der Waals surface area contributed by atoms with Crippen molar-refractivity contribution < 1.29 is 13.2 Å². The van der Waals surface area contributed by atoms with Crippen LogP contribution < -0.4 is 5.32 Å². The molecule has 0 bridgehead atoms. The molecule has 0 unspecified atom stereocenters. The summed E-state index contributed by atoms with van der Waals surface area (Å²) in [6.07, 6.45) is 5.44. The molecule has 1 saturated heterocycles. The van der Waals surface area contributed by atoms with Crippen molar-refractivity contribution in [2.75, 3.05) is 18.4 Å². The van der Waals surface area contributed by atoms with Gasteiger partial charge in [0.15, 0.2) is 0 Å². The number of rotatable bonds is 4. The fourth-order valence-electron chi connectivity index (χ4n) is 2.85. The van der Waals surface area contributed by atoms with Gasteiger partial charge in [0.1, 0.15) is 5.82 Å². The van der Waals surface area contributed by atoms with Crippen LogP contribution in [0.3, 0.4) is 0 Å². The minimum atomic E-state index is -3.58. The van der Waals surface area contributed by atoms with Gasteiger partial charge in [-0.1, -0.05) is 25.0 Å². The molecule has 3 rings (SSSR count). The lowest BCUT2D eigenvalue weighted by Gasteiger charge is -2.20. The van der Waals surface area contributed by atoms with Gasteiger partial charge in [-0.25, -0.2) is 13.4 Å². The van der Waals surface area contributed by atoms with E-state index in [0.717, 1.165) is 25.7 Å². The summed E-state index contributed by atoms with van der Waals surface area (Å²) in [6, 6.07) is 11.4. The second-order valence-corrected chi connectivity index (χ2v) is 7.95. The highest BCUT2D eigenvalue weighted by Gasteiger charge is 2.25. The molecule has 1 N–H and O–H groups in total. The Balaban J connectivity index is 1.81. The van der Waals surface area contributed by atoms with Crippen LogP contribution >= 0.6 is 0 Å². The zero-order valence-corrected chi connectivity index (χ0v) is 14.7. The predicted molar refractivity (Wildman–Crippen MR) is 95.9 cm³/mol. The van der Waals surface area contributed by atoms with Crippen LogP contribution in [0.4, 0.5) is 5.82 Å². The van der Waals surface area contributed by atoms with Crippen molar-refractivity contribution in [3.8, 4) is 0 Å². The molecule has 2 aromatic rings. The monoisotopic (exact) mass is 359 g/mol. The molecular formula is C18H21N3O3S. The SMILES string of the molecule is O=C(Nc1ccccn1)c1cccc(S(=O)(=O)N2CCCCCC2)c1. The molecule has 1 aromatic heterocycles. The molecule has 1 aliphatic rings. The van der Waals surface area contributed by atoms with E-state index < -0.39 is 10.0 Å². The Morgan fingerprint density at radius 3 is 2.44 bits per heavy atom. The van der Waals surface area contributed by atoms with Gasteiger partial charge >= 0.3 is 0 Å². The number of aromatic nitrogens is 1. The fourth-order valence-corrected chi connectivity index (χ4v) is 4.42. The van der Waals surface area contributed by atoms with Crippen molar-refractivity contribution >= 4 is 21.7 Å². The van der Waals surface area contributed by atoms with Gasteiger partial charge in [0.05, 0.1) is 4.90 Å². The van der Waals surface area contributed by atoms with E-state index in [1.165, 1.54) is 16.4 Å². The first-order chi connectivity index (χ1) is 12.1. The molecule has 1 fully saturated rings. The lowest BCUT2D eigenvalue weighted by molar-refractivity contribution is 0.102. The smallest absolute Gasteiger partial charge is 0.256 e. The van der Waals surface area contributed by atoms with E-state index in [0.29, 0.717) is 24.5 Å². The number of nitrogens with one attached hydrogen (secondary N) is 1. The number of pyridine rings is 1. The first-order valence-electron chi connectivity index (χ1n) is 8.40. The summed E-state index contributed by atoms with van der Waals surface area (Å²) in [4.78, 5) is 16.6. The Morgan fingerprint density at radius 2 is 1.76 bits per heavy atom. The molecular weight excluding hydrogens is 338 g/mol. The molecule has 7 heteroatoms. The summed E-state index contributed by atoms with van der Waals surface area (Å²) in [7, 11) is -3.58. The van der Waals surface area contributed by atoms with E-state index in [1.54, 1.807) is 36.5 Å². The van der Waals surface area contributed by atoms with Crippen LogP contribution in [-0.2, 0) is 10.0 Å². The van der Waals surface area contributed by atoms with Gasteiger partial charge in [-0.2, -0.15) is 4.31 Å². The number of hydrogen-bond acceptors (Lipinski definition) is 4. The van der Waals surface area contributed by atoms with Crippen LogP contribution in [0.2, 0.25) is 0 Å². The van der Waals surface area contributed by atoms with Gasteiger partial charge in [0.25, 0.3) is 5.91 Å². The molecule has 6 nitrogen and oxygen atoms in total. The zero-order valence-electron chi connectivity index (χ0n) is 13.9. The van der Waals surface area contributed by atoms with Crippen molar-refractivity contribution in [1.82, 2.24) is 9.29 Å². The molecule has 1 amide bonds. The maximum Gasteiger partial charge on any atom is 0.256 e. The third-order valence-electron chi connectivity index (χ3n) is 4.21. The lowest BCUT2D eigenvalue weighted by Crippen LogP contribution is -2.32. The molecule has 132 valence electrons. The average Bonchev–Trinajstić information content (AvgIpc) is 2.93. The van der Waals surface area contributed by atoms with Gasteiger partial charge in [-0.05, 0) is 43.2 Å². The van der Waals surface area contributed by atoms with Crippen LogP contribution in [0.5, 0.6) is 0 Å². The van der Waals surface area contributed by atoms with Crippen molar-refractivity contribution in [3.05, 3.63) is 54.2 Å². The van der Waals surface area contributed by atoms with Crippen LogP contribution in [0.15, 0.2) is 53.6 Å². The molecule has 1 aliphatic heterocycles. The predicted octanol–water partition coefficient (Wildman–Crippen LogP) is 2.90. The molecule has 0 aliphatic carbocycles. The van der Waals surface area contributed by atoms with Gasteiger partial charge < -0.3 is 5.32 Å². The third-order valence-corrected chi connectivity index (χ3v) is 6.10. The van der Waals surface area contributed by atoms with E-state index in [2.05, 4.69) is 10.3 Å². The minimum absolute atomic E-state index is 0.156. The largest absolute Gasteiger partial charge is 0.307 e. The molecule has 0 spiro atoms. The van der Waals surface area contributed by atoms with Gasteiger partial charge in [-0.3, -0.25) is 4.79 Å². The topological polar surface area (TPSA) is 79.4 Å². The molecule has 0 saturated carbocycles. The van der Waals surface area contributed by atoms with E-state index >= 15 is 0 Å². The number of carbonyl (C=O) groups is 1. The summed E-state index contributed by atoms with van der Waals surface area (Å²) in [6.45, 7) is 1.07. The summed E-state index contributed by atoms with van der Waals surface area (Å²) in [5, 5.41) is 2.67. The second kappa shape index (κ2) is 7.76. The Bertz CT molecular complexity index is 830. The number of carbonyl (C=O) groups excluding carboxylic acids is 1. The van der Waals surface area contributed by atoms with Gasteiger partial charge in [0.2, 0.25) is 10.0 Å². The molecule has 0 atom stereocenters. The van der Waals surface area contributed by atoms with E-state index in [-0.39, 0.29) is 10.8 Å². The highest BCUT2D eigenvalue weighted by Crippen LogP contribution is 2.21. The molecule has 0 radical (unpaired) electrons. The fraction of sp³-hybridized carbons (Fsp3) is 0.333. The minimum Gasteiger partial charge on any atom is -0.307 e. The van der Waals surface area contributed by atoms with Crippen LogP contribution in [0.25, 0.3) is 0 Å². The van der Waals surface area contributed by atoms with E-state index in [9.17, 15) is 13.2 Å². The lowest BCUT2D eigenvalue weighted by atomic mass is 10.2. The van der Waals surface area contributed by atoms with Crippen molar-refractivity contribution in [2.24, 2.45) is 0 Å². The second-order valence-electron chi connectivity index (χ2n) is 6.02. The summed E-state index contributed by atoms with van der Waals surface area (Å²) < 4.78 is 27.2. The summed E-state index contributed by atoms with van der Waals surface area (Å²) >= 11 is 0. The number of nitrogens with zero attached hydrogens (tertiary/aromatic N) is 2. The van der Waals surface area contributed by atoms with E-state index in [4.69, 9.17) is 0 Å². The van der Waals surface area contributed by atoms with Crippen molar-refractivity contribution in [2.45, 2.75) is 30.6 Å². The first kappa shape index (κ1) is 17.6. The number of amides is 1. The number of hydrogen-bond donors (Lipinski definition) is 1. The quantitative estimate of drug-likeness (QED) is 0.910. The zero-order chi connectivity index (χ0) is 17.7. The Hall–Kier alpha value is -2.25. The maximum absolute atomic E-state index is 12.9. The summed E-state index contributed by atoms with van der Waals surface area (Å²) in [5.41, 5.74) is 0.293.